The molecule has 0 bridgehead atoms. The number of aromatic nitrogens is 4. The van der Waals surface area contributed by atoms with Gasteiger partial charge in [-0.15, -0.1) is 10.2 Å². The maximum absolute atomic E-state index is 12.6. The zero-order valence-corrected chi connectivity index (χ0v) is 13.9. The number of carbonyl (C=O) groups is 1. The Hall–Kier alpha value is -3.00. The van der Waals surface area contributed by atoms with Gasteiger partial charge in [0, 0.05) is 26.0 Å². The number of aryl methyl sites for hydroxylation is 1. The highest BCUT2D eigenvalue weighted by atomic mass is 16.5. The van der Waals surface area contributed by atoms with Gasteiger partial charge in [0.15, 0.2) is 5.82 Å². The molecular weight excluding hydrogens is 322 g/mol. The summed E-state index contributed by atoms with van der Waals surface area (Å²) in [5.41, 5.74) is 0.940. The highest BCUT2D eigenvalue weighted by molar-refractivity contribution is 5.77. The van der Waals surface area contributed by atoms with Gasteiger partial charge < -0.3 is 18.6 Å². The van der Waals surface area contributed by atoms with Crippen LogP contribution >= 0.6 is 0 Å². The van der Waals surface area contributed by atoms with E-state index in [9.17, 15) is 4.79 Å². The van der Waals surface area contributed by atoms with Gasteiger partial charge in [-0.25, -0.2) is 0 Å². The predicted octanol–water partition coefficient (Wildman–Crippen LogP) is 1.55. The van der Waals surface area contributed by atoms with Crippen molar-refractivity contribution in [1.82, 2.24) is 24.6 Å². The fourth-order valence-corrected chi connectivity index (χ4v) is 2.29. The number of hydrogen-bond donors (Lipinski definition) is 0. The minimum atomic E-state index is -0.137. The Kier molecular flexibility index (Phi) is 5.53. The van der Waals surface area contributed by atoms with Crippen molar-refractivity contribution in [2.75, 3.05) is 6.61 Å². The fourth-order valence-electron chi connectivity index (χ4n) is 2.29. The minimum Gasteiger partial charge on any atom is -0.467 e. The molecule has 0 aromatic carbocycles. The lowest BCUT2D eigenvalue weighted by Gasteiger charge is -2.21. The van der Waals surface area contributed by atoms with Gasteiger partial charge in [-0.05, 0) is 23.8 Å². The molecule has 0 radical (unpaired) electrons. The molecule has 25 heavy (non-hydrogen) atoms. The van der Waals surface area contributed by atoms with E-state index < -0.39 is 0 Å². The summed E-state index contributed by atoms with van der Waals surface area (Å²) < 4.78 is 12.6. The van der Waals surface area contributed by atoms with E-state index in [2.05, 4.69) is 15.2 Å². The van der Waals surface area contributed by atoms with Gasteiger partial charge in [-0.3, -0.25) is 9.78 Å². The molecule has 3 rings (SSSR count). The summed E-state index contributed by atoms with van der Waals surface area (Å²) in [6.07, 6.45) is 6.62. The van der Waals surface area contributed by atoms with Gasteiger partial charge in [-0.1, -0.05) is 6.07 Å². The normalized spacial score (nSPS) is 10.8. The summed E-state index contributed by atoms with van der Waals surface area (Å²) in [7, 11) is 1.83. The number of hydrogen-bond acceptors (Lipinski definition) is 6. The zero-order chi connectivity index (χ0) is 17.5. The van der Waals surface area contributed by atoms with Crippen LogP contribution in [0.4, 0.5) is 0 Å². The second kappa shape index (κ2) is 8.20. The van der Waals surface area contributed by atoms with Crippen LogP contribution in [-0.4, -0.2) is 37.2 Å². The Balaban J connectivity index is 1.61. The number of rotatable bonds is 8. The molecule has 3 aromatic rings. The van der Waals surface area contributed by atoms with E-state index in [1.165, 1.54) is 0 Å². The first kappa shape index (κ1) is 16.8. The average molecular weight is 341 g/mol. The molecule has 130 valence electrons. The van der Waals surface area contributed by atoms with E-state index >= 15 is 0 Å². The molecule has 0 saturated heterocycles. The molecule has 0 saturated carbocycles. The third-order valence-corrected chi connectivity index (χ3v) is 3.64. The molecular formula is C17H19N5O3. The first-order valence-corrected chi connectivity index (χ1v) is 7.82. The molecule has 3 heterocycles. The first-order valence-electron chi connectivity index (χ1n) is 7.82. The number of pyridine rings is 1. The highest BCUT2D eigenvalue weighted by Gasteiger charge is 2.16. The van der Waals surface area contributed by atoms with Gasteiger partial charge >= 0.3 is 0 Å². The maximum atomic E-state index is 12.6. The molecule has 0 atom stereocenters. The third kappa shape index (κ3) is 4.74. The number of amides is 1. The summed E-state index contributed by atoms with van der Waals surface area (Å²) in [5.74, 6) is 1.24. The number of furan rings is 1. The van der Waals surface area contributed by atoms with Crippen molar-refractivity contribution < 1.29 is 13.9 Å². The van der Waals surface area contributed by atoms with Crippen LogP contribution < -0.4 is 0 Å². The summed E-state index contributed by atoms with van der Waals surface area (Å²) in [6.45, 7) is 0.978. The van der Waals surface area contributed by atoms with Gasteiger partial charge in [-0.2, -0.15) is 0 Å². The first-order chi connectivity index (χ1) is 12.2. The lowest BCUT2D eigenvalue weighted by atomic mass is 10.2. The summed E-state index contributed by atoms with van der Waals surface area (Å²) >= 11 is 0. The van der Waals surface area contributed by atoms with Crippen molar-refractivity contribution in [2.45, 2.75) is 19.7 Å². The van der Waals surface area contributed by atoms with Crippen LogP contribution in [0.1, 0.15) is 17.1 Å². The van der Waals surface area contributed by atoms with Crippen LogP contribution in [0.3, 0.4) is 0 Å². The molecule has 8 heteroatoms. The molecule has 0 unspecified atom stereocenters. The SMILES string of the molecule is Cn1cnnc1COCC(=O)N(Cc1cccnc1)Cc1ccco1. The summed E-state index contributed by atoms with van der Waals surface area (Å²) in [4.78, 5) is 18.3. The van der Waals surface area contributed by atoms with E-state index in [0.717, 1.165) is 5.56 Å². The van der Waals surface area contributed by atoms with E-state index in [-0.39, 0.29) is 19.1 Å². The predicted molar refractivity (Wildman–Crippen MR) is 87.9 cm³/mol. The van der Waals surface area contributed by atoms with Gasteiger partial charge in [0.25, 0.3) is 0 Å². The van der Waals surface area contributed by atoms with Gasteiger partial charge in [0.05, 0.1) is 12.8 Å². The van der Waals surface area contributed by atoms with Crippen molar-refractivity contribution in [1.29, 1.82) is 0 Å². The third-order valence-electron chi connectivity index (χ3n) is 3.64. The average Bonchev–Trinajstić information content (AvgIpc) is 3.27. The van der Waals surface area contributed by atoms with Crippen LogP contribution in [-0.2, 0) is 36.3 Å². The van der Waals surface area contributed by atoms with Crippen LogP contribution in [0.5, 0.6) is 0 Å². The van der Waals surface area contributed by atoms with E-state index in [4.69, 9.17) is 9.15 Å². The van der Waals surface area contributed by atoms with E-state index in [1.54, 1.807) is 40.5 Å². The van der Waals surface area contributed by atoms with Crippen LogP contribution in [0, 0.1) is 0 Å². The second-order valence-electron chi connectivity index (χ2n) is 5.54. The quantitative estimate of drug-likeness (QED) is 0.618. The van der Waals surface area contributed by atoms with Crippen molar-refractivity contribution in [3.05, 3.63) is 66.4 Å². The molecule has 3 aromatic heterocycles. The van der Waals surface area contributed by atoms with E-state index in [1.807, 2.05) is 25.2 Å². The van der Waals surface area contributed by atoms with Crippen LogP contribution in [0.2, 0.25) is 0 Å². The highest BCUT2D eigenvalue weighted by Crippen LogP contribution is 2.11. The second-order valence-corrected chi connectivity index (χ2v) is 5.54. The molecule has 0 spiro atoms. The van der Waals surface area contributed by atoms with Crippen molar-refractivity contribution in [3.8, 4) is 0 Å². The Morgan fingerprint density at radius 1 is 1.32 bits per heavy atom. The van der Waals surface area contributed by atoms with Crippen molar-refractivity contribution in [3.63, 3.8) is 0 Å². The largest absolute Gasteiger partial charge is 0.467 e. The zero-order valence-electron chi connectivity index (χ0n) is 13.9. The number of carbonyl (C=O) groups excluding carboxylic acids is 1. The van der Waals surface area contributed by atoms with E-state index in [0.29, 0.717) is 24.7 Å². The molecule has 1 amide bonds. The molecule has 0 aliphatic rings. The van der Waals surface area contributed by atoms with Crippen molar-refractivity contribution in [2.24, 2.45) is 7.05 Å². The minimum absolute atomic E-state index is 0.0478. The lowest BCUT2D eigenvalue weighted by Crippen LogP contribution is -2.33. The van der Waals surface area contributed by atoms with Crippen molar-refractivity contribution >= 4 is 5.91 Å². The molecule has 0 aliphatic carbocycles. The fraction of sp³-hybridized carbons (Fsp3) is 0.294. The molecule has 0 N–H and O–H groups in total. The summed E-state index contributed by atoms with van der Waals surface area (Å²) in [5, 5.41) is 7.70. The molecule has 8 nitrogen and oxygen atoms in total. The smallest absolute Gasteiger partial charge is 0.249 e. The van der Waals surface area contributed by atoms with Crippen LogP contribution in [0.15, 0.2) is 53.7 Å². The van der Waals surface area contributed by atoms with Gasteiger partial charge in [0.2, 0.25) is 5.91 Å². The topological polar surface area (TPSA) is 86.3 Å². The standard InChI is InChI=1S/C17H19N5O3/c1-21-13-19-20-16(21)11-24-12-17(23)22(10-15-5-3-7-25-15)9-14-4-2-6-18-8-14/h2-8,13H,9-12H2,1H3. The van der Waals surface area contributed by atoms with Crippen LogP contribution in [0.25, 0.3) is 0 Å². The Morgan fingerprint density at radius 3 is 2.92 bits per heavy atom. The Bertz CT molecular complexity index is 786. The Morgan fingerprint density at radius 2 is 2.24 bits per heavy atom. The lowest BCUT2D eigenvalue weighted by molar-refractivity contribution is -0.138. The molecule has 0 aliphatic heterocycles. The number of ether oxygens (including phenoxy) is 1. The Labute approximate surface area is 145 Å². The van der Waals surface area contributed by atoms with Gasteiger partial charge in [0.1, 0.15) is 25.3 Å². The monoisotopic (exact) mass is 341 g/mol. The molecule has 0 fully saturated rings. The summed E-state index contributed by atoms with van der Waals surface area (Å²) in [6, 6.07) is 7.40. The maximum Gasteiger partial charge on any atom is 0.249 e. The number of nitrogens with zero attached hydrogens (tertiary/aromatic N) is 5.